The monoisotopic (exact) mass is 186 g/mol. The predicted octanol–water partition coefficient (Wildman–Crippen LogP) is -1.16. The number of hydrogen-bond acceptors (Lipinski definition) is 3. The van der Waals surface area contributed by atoms with E-state index in [9.17, 15) is 9.59 Å². The van der Waals surface area contributed by atoms with Crippen LogP contribution < -0.4 is 5.73 Å². The summed E-state index contributed by atoms with van der Waals surface area (Å²) < 4.78 is 0. The minimum atomic E-state index is -1.06. The normalized spacial score (nSPS) is 24.5. The number of likely N-dealkylation sites (tertiary alicyclic amines) is 1. The van der Waals surface area contributed by atoms with Gasteiger partial charge in [0.1, 0.15) is 12.1 Å². The zero-order chi connectivity index (χ0) is 10.0. The summed E-state index contributed by atoms with van der Waals surface area (Å²) in [6.07, 6.45) is 0.319. The number of nitrogens with two attached hydrogens (primary N) is 1. The molecule has 2 atom stereocenters. The van der Waals surface area contributed by atoms with Gasteiger partial charge >= 0.3 is 0 Å². The lowest BCUT2D eigenvalue weighted by Gasteiger charge is -2.23. The van der Waals surface area contributed by atoms with Gasteiger partial charge in [-0.2, -0.15) is 0 Å². The van der Waals surface area contributed by atoms with Gasteiger partial charge in [0.2, 0.25) is 5.91 Å². The van der Waals surface area contributed by atoms with Crippen LogP contribution in [0.15, 0.2) is 0 Å². The molecule has 2 amide bonds. The lowest BCUT2D eigenvalue weighted by Crippen LogP contribution is -2.47. The van der Waals surface area contributed by atoms with E-state index in [-0.39, 0.29) is 0 Å². The molecular formula is C8H14N2O3. The molecule has 13 heavy (non-hydrogen) atoms. The molecule has 1 aliphatic heterocycles. The molecule has 0 unspecified atom stereocenters. The molecule has 74 valence electrons. The van der Waals surface area contributed by atoms with Crippen LogP contribution >= 0.6 is 0 Å². The molecule has 1 heterocycles. The van der Waals surface area contributed by atoms with Crippen LogP contribution in [0, 0.1) is 0 Å². The number of aliphatic hydroxyl groups is 1. The van der Waals surface area contributed by atoms with E-state index in [0.29, 0.717) is 13.0 Å². The highest BCUT2D eigenvalue weighted by Crippen LogP contribution is 2.17. The van der Waals surface area contributed by atoms with Crippen molar-refractivity contribution in [1.82, 2.24) is 4.90 Å². The van der Waals surface area contributed by atoms with Gasteiger partial charge in [0.15, 0.2) is 0 Å². The lowest BCUT2D eigenvalue weighted by atomic mass is 10.2. The summed E-state index contributed by atoms with van der Waals surface area (Å²) in [6.45, 7) is 1.90. The second-order valence-electron chi connectivity index (χ2n) is 3.27. The van der Waals surface area contributed by atoms with E-state index in [0.717, 1.165) is 6.42 Å². The van der Waals surface area contributed by atoms with Crippen molar-refractivity contribution in [2.45, 2.75) is 31.9 Å². The number of primary amides is 1. The fourth-order valence-electron chi connectivity index (χ4n) is 1.57. The average Bonchev–Trinajstić information content (AvgIpc) is 2.50. The molecule has 1 aliphatic rings. The van der Waals surface area contributed by atoms with Crippen molar-refractivity contribution < 1.29 is 14.7 Å². The van der Waals surface area contributed by atoms with Crippen LogP contribution in [0.4, 0.5) is 0 Å². The summed E-state index contributed by atoms with van der Waals surface area (Å²) in [5.41, 5.74) is 5.11. The quantitative estimate of drug-likeness (QED) is 0.570. The largest absolute Gasteiger partial charge is 0.384 e. The number of hydrogen-bond donors (Lipinski definition) is 2. The number of carbonyl (C=O) groups excluding carboxylic acids is 2. The Balaban J connectivity index is 2.68. The predicted molar refractivity (Wildman–Crippen MR) is 45.6 cm³/mol. The Morgan fingerprint density at radius 3 is 2.69 bits per heavy atom. The first-order valence-corrected chi connectivity index (χ1v) is 4.32. The standard InChI is InChI=1S/C8H14N2O3/c1-5(11)8(13)10-4-2-3-6(10)7(9)12/h5-6,11H,2-4H2,1H3,(H2,9,12)/t5-,6+/m0/s1. The molecular weight excluding hydrogens is 172 g/mol. The molecule has 0 bridgehead atoms. The maximum absolute atomic E-state index is 11.3. The van der Waals surface area contributed by atoms with Gasteiger partial charge in [0.05, 0.1) is 0 Å². The Kier molecular flexibility index (Phi) is 2.87. The third-order valence-corrected chi connectivity index (χ3v) is 2.22. The summed E-state index contributed by atoms with van der Waals surface area (Å²) in [5.74, 6) is -0.909. The second-order valence-corrected chi connectivity index (χ2v) is 3.27. The zero-order valence-corrected chi connectivity index (χ0v) is 7.56. The van der Waals surface area contributed by atoms with Crippen LogP contribution in [0.3, 0.4) is 0 Å². The zero-order valence-electron chi connectivity index (χ0n) is 7.56. The lowest BCUT2D eigenvalue weighted by molar-refractivity contribution is -0.143. The van der Waals surface area contributed by atoms with Crippen LogP contribution in [0.25, 0.3) is 0 Å². The summed E-state index contributed by atoms with van der Waals surface area (Å²) in [6, 6.07) is -0.526. The molecule has 3 N–H and O–H groups in total. The number of rotatable bonds is 2. The van der Waals surface area contributed by atoms with Crippen LogP contribution in [0.1, 0.15) is 19.8 Å². The van der Waals surface area contributed by atoms with Crippen LogP contribution in [0.2, 0.25) is 0 Å². The number of nitrogens with zero attached hydrogens (tertiary/aromatic N) is 1. The summed E-state index contributed by atoms with van der Waals surface area (Å²) in [5, 5.41) is 9.04. The van der Waals surface area contributed by atoms with Crippen molar-refractivity contribution in [2.75, 3.05) is 6.54 Å². The van der Waals surface area contributed by atoms with Gasteiger partial charge in [-0.05, 0) is 19.8 Å². The van der Waals surface area contributed by atoms with Crippen LogP contribution in [-0.2, 0) is 9.59 Å². The molecule has 1 saturated heterocycles. The highest BCUT2D eigenvalue weighted by atomic mass is 16.3. The molecule has 0 aromatic rings. The highest BCUT2D eigenvalue weighted by molar-refractivity contribution is 5.88. The Morgan fingerprint density at radius 1 is 1.62 bits per heavy atom. The topological polar surface area (TPSA) is 83.6 Å². The molecule has 1 fully saturated rings. The van der Waals surface area contributed by atoms with Crippen molar-refractivity contribution in [2.24, 2.45) is 5.73 Å². The Labute approximate surface area is 76.5 Å². The van der Waals surface area contributed by atoms with Gasteiger partial charge in [0.25, 0.3) is 5.91 Å². The van der Waals surface area contributed by atoms with E-state index in [1.165, 1.54) is 11.8 Å². The van der Waals surface area contributed by atoms with E-state index in [1.807, 2.05) is 0 Å². The first-order chi connectivity index (χ1) is 6.04. The molecule has 0 spiro atoms. The molecule has 0 saturated carbocycles. The van der Waals surface area contributed by atoms with Crippen molar-refractivity contribution in [1.29, 1.82) is 0 Å². The third kappa shape index (κ3) is 1.98. The van der Waals surface area contributed by atoms with E-state index < -0.39 is 24.0 Å². The van der Waals surface area contributed by atoms with Gasteiger partial charge in [-0.15, -0.1) is 0 Å². The molecule has 0 aromatic heterocycles. The number of amides is 2. The minimum absolute atomic E-state index is 0.415. The van der Waals surface area contributed by atoms with Crippen molar-refractivity contribution in [3.63, 3.8) is 0 Å². The number of aliphatic hydroxyl groups excluding tert-OH is 1. The summed E-state index contributed by atoms with van der Waals surface area (Å²) >= 11 is 0. The van der Waals surface area contributed by atoms with Crippen molar-refractivity contribution >= 4 is 11.8 Å². The molecule has 5 heteroatoms. The molecule has 1 rings (SSSR count). The van der Waals surface area contributed by atoms with Gasteiger partial charge in [-0.25, -0.2) is 0 Å². The first kappa shape index (κ1) is 9.98. The Hall–Kier alpha value is -1.10. The van der Waals surface area contributed by atoms with Gasteiger partial charge in [-0.3, -0.25) is 9.59 Å². The van der Waals surface area contributed by atoms with Gasteiger partial charge in [0, 0.05) is 6.54 Å². The SMILES string of the molecule is C[C@H](O)C(=O)N1CCC[C@@H]1C(N)=O. The van der Waals surface area contributed by atoms with Gasteiger partial charge < -0.3 is 15.7 Å². The molecule has 5 nitrogen and oxygen atoms in total. The summed E-state index contributed by atoms with van der Waals surface area (Å²) in [4.78, 5) is 23.6. The van der Waals surface area contributed by atoms with Gasteiger partial charge in [-0.1, -0.05) is 0 Å². The molecule has 0 aromatic carbocycles. The fourth-order valence-corrected chi connectivity index (χ4v) is 1.57. The average molecular weight is 186 g/mol. The highest BCUT2D eigenvalue weighted by Gasteiger charge is 2.33. The fraction of sp³-hybridized carbons (Fsp3) is 0.750. The van der Waals surface area contributed by atoms with Crippen LogP contribution in [-0.4, -0.2) is 40.5 Å². The Bertz CT molecular complexity index is 227. The first-order valence-electron chi connectivity index (χ1n) is 4.32. The molecule has 0 aliphatic carbocycles. The third-order valence-electron chi connectivity index (χ3n) is 2.22. The maximum atomic E-state index is 11.3. The van der Waals surface area contributed by atoms with E-state index >= 15 is 0 Å². The van der Waals surface area contributed by atoms with Crippen molar-refractivity contribution in [3.8, 4) is 0 Å². The Morgan fingerprint density at radius 2 is 2.23 bits per heavy atom. The van der Waals surface area contributed by atoms with E-state index in [1.54, 1.807) is 0 Å². The number of carbonyl (C=O) groups is 2. The minimum Gasteiger partial charge on any atom is -0.384 e. The van der Waals surface area contributed by atoms with E-state index in [2.05, 4.69) is 0 Å². The maximum Gasteiger partial charge on any atom is 0.251 e. The van der Waals surface area contributed by atoms with Crippen LogP contribution in [0.5, 0.6) is 0 Å². The summed E-state index contributed by atoms with van der Waals surface area (Å²) in [7, 11) is 0. The van der Waals surface area contributed by atoms with Crippen molar-refractivity contribution in [3.05, 3.63) is 0 Å². The second kappa shape index (κ2) is 3.74. The van der Waals surface area contributed by atoms with E-state index in [4.69, 9.17) is 10.8 Å². The smallest absolute Gasteiger partial charge is 0.251 e. The molecule has 0 radical (unpaired) electrons.